The van der Waals surface area contributed by atoms with Crippen molar-refractivity contribution in [1.82, 2.24) is 4.98 Å². The molecule has 4 nitrogen and oxygen atoms in total. The van der Waals surface area contributed by atoms with E-state index in [1.54, 1.807) is 13.3 Å². The van der Waals surface area contributed by atoms with Crippen molar-refractivity contribution in [2.24, 2.45) is 0 Å². The van der Waals surface area contributed by atoms with E-state index in [0.717, 1.165) is 18.4 Å². The Kier molecular flexibility index (Phi) is 6.36. The Morgan fingerprint density at radius 1 is 1.00 bits per heavy atom. The second kappa shape index (κ2) is 9.34. The number of carbonyl (C=O) groups is 1. The standard InChI is InChI=1S/C27H30N2O2/c1-21-15-18-28-25(19-21)29(26(30)23-13-7-8-14-24(23)31-2)20-27(16-9-4-10-17-27)22-11-5-3-6-12-22/h3,5-8,11-15,18-19H,4,9-10,16-17,20H2,1-2H3. The normalized spacial score (nSPS) is 15.3. The van der Waals surface area contributed by atoms with E-state index in [1.807, 2.05) is 48.2 Å². The van der Waals surface area contributed by atoms with Crippen LogP contribution in [0, 0.1) is 6.92 Å². The van der Waals surface area contributed by atoms with Gasteiger partial charge in [-0.1, -0.05) is 61.7 Å². The maximum absolute atomic E-state index is 13.9. The van der Waals surface area contributed by atoms with Crippen LogP contribution in [0.15, 0.2) is 72.9 Å². The highest BCUT2D eigenvalue weighted by atomic mass is 16.5. The summed E-state index contributed by atoms with van der Waals surface area (Å²) < 4.78 is 5.51. The van der Waals surface area contributed by atoms with Crippen LogP contribution >= 0.6 is 0 Å². The second-order valence-corrected chi connectivity index (χ2v) is 8.49. The Labute approximate surface area is 184 Å². The molecule has 3 aromatic rings. The molecule has 1 amide bonds. The second-order valence-electron chi connectivity index (χ2n) is 8.49. The molecule has 0 saturated heterocycles. The molecule has 0 radical (unpaired) electrons. The van der Waals surface area contributed by atoms with Gasteiger partial charge in [0.15, 0.2) is 0 Å². The molecular weight excluding hydrogens is 384 g/mol. The highest BCUT2D eigenvalue weighted by Crippen LogP contribution is 2.41. The number of methoxy groups -OCH3 is 1. The van der Waals surface area contributed by atoms with E-state index in [1.165, 1.54) is 24.8 Å². The average molecular weight is 415 g/mol. The predicted molar refractivity (Wildman–Crippen MR) is 125 cm³/mol. The number of nitrogens with zero attached hydrogens (tertiary/aromatic N) is 2. The van der Waals surface area contributed by atoms with Crippen molar-refractivity contribution in [1.29, 1.82) is 0 Å². The van der Waals surface area contributed by atoms with Gasteiger partial charge in [-0.15, -0.1) is 0 Å². The lowest BCUT2D eigenvalue weighted by atomic mass is 9.69. The molecule has 2 aromatic carbocycles. The number of benzene rings is 2. The van der Waals surface area contributed by atoms with Crippen LogP contribution in [0.3, 0.4) is 0 Å². The van der Waals surface area contributed by atoms with E-state index in [9.17, 15) is 4.79 Å². The van der Waals surface area contributed by atoms with E-state index < -0.39 is 0 Å². The van der Waals surface area contributed by atoms with Crippen molar-refractivity contribution >= 4 is 11.7 Å². The highest BCUT2D eigenvalue weighted by molar-refractivity contribution is 6.07. The minimum absolute atomic E-state index is 0.0728. The number of rotatable bonds is 6. The smallest absolute Gasteiger partial charge is 0.263 e. The number of ether oxygens (including phenoxy) is 1. The molecular formula is C27H30N2O2. The van der Waals surface area contributed by atoms with Crippen LogP contribution in [0.2, 0.25) is 0 Å². The van der Waals surface area contributed by atoms with Gasteiger partial charge in [0.25, 0.3) is 5.91 Å². The molecule has 160 valence electrons. The fourth-order valence-electron chi connectivity index (χ4n) is 4.75. The Bertz CT molecular complexity index is 1030. The van der Waals surface area contributed by atoms with Gasteiger partial charge in [-0.05, 0) is 55.2 Å². The van der Waals surface area contributed by atoms with Gasteiger partial charge in [-0.25, -0.2) is 4.98 Å². The van der Waals surface area contributed by atoms with E-state index in [4.69, 9.17) is 4.74 Å². The van der Waals surface area contributed by atoms with Gasteiger partial charge in [0, 0.05) is 18.2 Å². The van der Waals surface area contributed by atoms with Crippen molar-refractivity contribution < 1.29 is 9.53 Å². The van der Waals surface area contributed by atoms with Crippen LogP contribution in [0.4, 0.5) is 5.82 Å². The molecule has 1 aromatic heterocycles. The molecule has 0 spiro atoms. The van der Waals surface area contributed by atoms with Gasteiger partial charge in [-0.3, -0.25) is 9.69 Å². The van der Waals surface area contributed by atoms with Crippen molar-refractivity contribution in [3.8, 4) is 5.75 Å². The first kappa shape index (κ1) is 21.1. The zero-order valence-corrected chi connectivity index (χ0v) is 18.4. The summed E-state index contributed by atoms with van der Waals surface area (Å²) in [6, 6.07) is 22.1. The first-order valence-electron chi connectivity index (χ1n) is 11.1. The quantitative estimate of drug-likeness (QED) is 0.501. The van der Waals surface area contributed by atoms with Crippen molar-refractivity contribution in [3.05, 3.63) is 89.6 Å². The minimum atomic E-state index is -0.0807. The van der Waals surface area contributed by atoms with E-state index in [2.05, 4.69) is 35.3 Å². The Morgan fingerprint density at radius 3 is 2.42 bits per heavy atom. The lowest BCUT2D eigenvalue weighted by Crippen LogP contribution is -2.45. The molecule has 0 bridgehead atoms. The summed E-state index contributed by atoms with van der Waals surface area (Å²) in [5.41, 5.74) is 2.87. The number of carbonyl (C=O) groups excluding carboxylic acids is 1. The zero-order valence-electron chi connectivity index (χ0n) is 18.4. The van der Waals surface area contributed by atoms with Gasteiger partial charge in [-0.2, -0.15) is 0 Å². The van der Waals surface area contributed by atoms with Crippen molar-refractivity contribution in [2.75, 3.05) is 18.6 Å². The van der Waals surface area contributed by atoms with Crippen molar-refractivity contribution in [3.63, 3.8) is 0 Å². The summed E-state index contributed by atoms with van der Waals surface area (Å²) in [7, 11) is 1.61. The van der Waals surface area contributed by atoms with Crippen LogP contribution in [0.25, 0.3) is 0 Å². The molecule has 1 saturated carbocycles. The molecule has 0 N–H and O–H groups in total. The van der Waals surface area contributed by atoms with Crippen LogP contribution in [-0.4, -0.2) is 24.5 Å². The summed E-state index contributed by atoms with van der Waals surface area (Å²) in [5.74, 6) is 1.20. The highest BCUT2D eigenvalue weighted by Gasteiger charge is 2.38. The van der Waals surface area contributed by atoms with Crippen molar-refractivity contribution in [2.45, 2.75) is 44.4 Å². The molecule has 31 heavy (non-hydrogen) atoms. The largest absolute Gasteiger partial charge is 0.496 e. The Morgan fingerprint density at radius 2 is 1.71 bits per heavy atom. The van der Waals surface area contributed by atoms with Crippen LogP contribution in [-0.2, 0) is 5.41 Å². The first-order chi connectivity index (χ1) is 15.1. The lowest BCUT2D eigenvalue weighted by Gasteiger charge is -2.41. The van der Waals surface area contributed by atoms with Gasteiger partial charge >= 0.3 is 0 Å². The topological polar surface area (TPSA) is 42.4 Å². The number of para-hydroxylation sites is 1. The number of amides is 1. The molecule has 1 aliphatic rings. The number of anilines is 1. The first-order valence-corrected chi connectivity index (χ1v) is 11.1. The summed E-state index contributed by atoms with van der Waals surface area (Å²) in [6.07, 6.45) is 7.51. The molecule has 1 heterocycles. The Balaban J connectivity index is 1.79. The lowest BCUT2D eigenvalue weighted by molar-refractivity contribution is 0.0972. The molecule has 4 rings (SSSR count). The van der Waals surface area contributed by atoms with E-state index in [-0.39, 0.29) is 11.3 Å². The molecule has 0 atom stereocenters. The maximum atomic E-state index is 13.9. The van der Waals surface area contributed by atoms with Gasteiger partial charge in [0.05, 0.1) is 12.7 Å². The average Bonchev–Trinajstić information content (AvgIpc) is 2.83. The third-order valence-electron chi connectivity index (χ3n) is 6.42. The van der Waals surface area contributed by atoms with Crippen LogP contribution < -0.4 is 9.64 Å². The predicted octanol–water partition coefficient (Wildman–Crippen LogP) is 5.95. The van der Waals surface area contributed by atoms with Crippen LogP contribution in [0.1, 0.15) is 53.6 Å². The molecule has 0 unspecified atom stereocenters. The summed E-state index contributed by atoms with van der Waals surface area (Å²) in [6.45, 7) is 2.63. The number of aryl methyl sites for hydroxylation is 1. The fraction of sp³-hybridized carbons (Fsp3) is 0.333. The fourth-order valence-corrected chi connectivity index (χ4v) is 4.75. The van der Waals surface area contributed by atoms with E-state index >= 15 is 0 Å². The Hall–Kier alpha value is -3.14. The molecule has 1 fully saturated rings. The van der Waals surface area contributed by atoms with Gasteiger partial charge < -0.3 is 4.74 Å². The minimum Gasteiger partial charge on any atom is -0.496 e. The van der Waals surface area contributed by atoms with E-state index in [0.29, 0.717) is 23.7 Å². The molecule has 1 aliphatic carbocycles. The SMILES string of the molecule is COc1ccccc1C(=O)N(CC1(c2ccccc2)CCCCC1)c1cc(C)ccn1. The molecule has 0 aliphatic heterocycles. The third-order valence-corrected chi connectivity index (χ3v) is 6.42. The number of hydrogen-bond donors (Lipinski definition) is 0. The van der Waals surface area contributed by atoms with Crippen LogP contribution in [0.5, 0.6) is 5.75 Å². The maximum Gasteiger partial charge on any atom is 0.263 e. The molecule has 4 heteroatoms. The summed E-state index contributed by atoms with van der Waals surface area (Å²) in [5, 5.41) is 0. The van der Waals surface area contributed by atoms with Gasteiger partial charge in [0.2, 0.25) is 0 Å². The number of hydrogen-bond acceptors (Lipinski definition) is 3. The number of pyridine rings is 1. The van der Waals surface area contributed by atoms with Gasteiger partial charge in [0.1, 0.15) is 11.6 Å². The third kappa shape index (κ3) is 4.48. The summed E-state index contributed by atoms with van der Waals surface area (Å²) >= 11 is 0. The number of aromatic nitrogens is 1. The zero-order chi connectivity index (χ0) is 21.7. The summed E-state index contributed by atoms with van der Waals surface area (Å²) in [4.78, 5) is 20.4. The monoisotopic (exact) mass is 414 g/mol.